The zero-order valence-corrected chi connectivity index (χ0v) is 32.9. The summed E-state index contributed by atoms with van der Waals surface area (Å²) in [6.07, 6.45) is -5.44. The molecule has 12 nitrogen and oxygen atoms in total. The summed E-state index contributed by atoms with van der Waals surface area (Å²) in [5, 5.41) is 76.5. The maximum Gasteiger partial charge on any atom is 0.317 e. The van der Waals surface area contributed by atoms with Gasteiger partial charge in [-0.05, 0) is 110 Å². The molecule has 7 aliphatic rings. The second kappa shape index (κ2) is 13.2. The maximum atomic E-state index is 14.9. The molecule has 5 aliphatic carbocycles. The van der Waals surface area contributed by atoms with Crippen molar-refractivity contribution in [3.63, 3.8) is 0 Å². The van der Waals surface area contributed by atoms with Crippen LogP contribution in [0.25, 0.3) is 0 Å². The molecule has 2 saturated heterocycles. The van der Waals surface area contributed by atoms with Crippen LogP contribution in [0.4, 0.5) is 0 Å². The van der Waals surface area contributed by atoms with Gasteiger partial charge in [-0.1, -0.05) is 60.1 Å². The van der Waals surface area contributed by atoms with Crippen molar-refractivity contribution in [2.45, 2.75) is 181 Å². The van der Waals surface area contributed by atoms with E-state index in [1.807, 2.05) is 0 Å². The van der Waals surface area contributed by atoms with E-state index in [0.29, 0.717) is 37.5 Å². The van der Waals surface area contributed by atoms with Crippen molar-refractivity contribution in [3.8, 4) is 0 Å². The summed E-state index contributed by atoms with van der Waals surface area (Å²) in [5.74, 6) is -0.253. The number of hydrogen-bond acceptors (Lipinski definition) is 12. The summed E-state index contributed by atoms with van der Waals surface area (Å²) in [6, 6.07) is 0. The van der Waals surface area contributed by atoms with E-state index in [-0.39, 0.29) is 40.3 Å². The lowest BCUT2D eigenvalue weighted by Crippen LogP contribution is -2.68. The normalized spacial score (nSPS) is 54.7. The molecular weight excluding hydrogens is 684 g/mol. The Hall–Kier alpha value is -1.19. The number of ether oxygens (including phenoxy) is 4. The maximum absolute atomic E-state index is 14.9. The molecule has 7 rings (SSSR count). The minimum Gasteiger partial charge on any atom is -0.432 e. The summed E-state index contributed by atoms with van der Waals surface area (Å²) < 4.78 is 23.5. The zero-order chi connectivity index (χ0) is 38.8. The summed E-state index contributed by atoms with van der Waals surface area (Å²) in [4.78, 5) is 14.9. The Bertz CT molecular complexity index is 1450. The smallest absolute Gasteiger partial charge is 0.317 e. The Morgan fingerprint density at radius 1 is 0.774 bits per heavy atom. The average molecular weight is 751 g/mol. The number of hydrogen-bond donors (Lipinski definition) is 7. The molecule has 4 saturated carbocycles. The van der Waals surface area contributed by atoms with Gasteiger partial charge in [0.2, 0.25) is 6.29 Å². The van der Waals surface area contributed by atoms with E-state index in [4.69, 9.17) is 18.9 Å². The van der Waals surface area contributed by atoms with Gasteiger partial charge in [0.25, 0.3) is 0 Å². The lowest BCUT2D eigenvalue weighted by atomic mass is 9.33. The number of aliphatic hydroxyl groups is 7. The van der Waals surface area contributed by atoms with E-state index in [1.165, 1.54) is 12.5 Å². The van der Waals surface area contributed by atoms with E-state index in [9.17, 15) is 40.5 Å². The van der Waals surface area contributed by atoms with Crippen LogP contribution in [0.2, 0.25) is 0 Å². The van der Waals surface area contributed by atoms with Crippen LogP contribution in [0.1, 0.15) is 113 Å². The van der Waals surface area contributed by atoms with Crippen LogP contribution >= 0.6 is 0 Å². The van der Waals surface area contributed by atoms with Crippen molar-refractivity contribution >= 4 is 5.97 Å². The highest BCUT2D eigenvalue weighted by Gasteiger charge is 2.71. The van der Waals surface area contributed by atoms with Crippen LogP contribution in [0.3, 0.4) is 0 Å². The largest absolute Gasteiger partial charge is 0.432 e. The van der Waals surface area contributed by atoms with Crippen molar-refractivity contribution in [1.82, 2.24) is 0 Å². The first-order valence-corrected chi connectivity index (χ1v) is 20.2. The van der Waals surface area contributed by atoms with Gasteiger partial charge in [-0.2, -0.15) is 0 Å². The third kappa shape index (κ3) is 5.77. The molecule has 0 aromatic heterocycles. The van der Waals surface area contributed by atoms with Crippen molar-refractivity contribution in [3.05, 3.63) is 11.6 Å². The van der Waals surface area contributed by atoms with E-state index in [2.05, 4.69) is 54.5 Å². The second-order valence-electron chi connectivity index (χ2n) is 20.3. The van der Waals surface area contributed by atoms with Crippen molar-refractivity contribution in [2.75, 3.05) is 6.61 Å². The van der Waals surface area contributed by atoms with Gasteiger partial charge in [0.1, 0.15) is 35.9 Å². The summed E-state index contributed by atoms with van der Waals surface area (Å²) in [5.41, 5.74) is -0.905. The molecule has 2 heterocycles. The molecule has 2 aliphatic heterocycles. The predicted molar refractivity (Wildman–Crippen MR) is 192 cm³/mol. The average Bonchev–Trinajstić information content (AvgIpc) is 3.07. The highest BCUT2D eigenvalue weighted by Crippen LogP contribution is 2.76. The van der Waals surface area contributed by atoms with E-state index < -0.39 is 78.2 Å². The first-order valence-electron chi connectivity index (χ1n) is 20.2. The number of carbonyl (C=O) groups is 1. The van der Waals surface area contributed by atoms with Crippen LogP contribution < -0.4 is 0 Å². The van der Waals surface area contributed by atoms with E-state index in [0.717, 1.165) is 32.1 Å². The lowest BCUT2D eigenvalue weighted by molar-refractivity contribution is -0.350. The highest BCUT2D eigenvalue weighted by atomic mass is 16.8. The molecule has 53 heavy (non-hydrogen) atoms. The fraction of sp³-hybridized carbons (Fsp3) is 0.927. The van der Waals surface area contributed by atoms with Gasteiger partial charge in [-0.3, -0.25) is 4.79 Å². The Morgan fingerprint density at radius 3 is 2.17 bits per heavy atom. The van der Waals surface area contributed by atoms with Crippen LogP contribution in [-0.4, -0.2) is 116 Å². The molecule has 7 N–H and O–H groups in total. The Morgan fingerprint density at radius 2 is 1.47 bits per heavy atom. The monoisotopic (exact) mass is 750 g/mol. The van der Waals surface area contributed by atoms with Gasteiger partial charge in [-0.15, -0.1) is 0 Å². The lowest BCUT2D eigenvalue weighted by Gasteiger charge is -2.71. The molecule has 0 spiro atoms. The molecule has 0 radical (unpaired) electrons. The SMILES string of the molecule is C[C@@H]1O[C@@H](O[C@H]2[C@H](OC(=O)[C@]34CCC(C)(C)C[C@H]3C3=CC[C@@H]5[C@@]6(C)CC[C@H](O)C(C)(C)[C@@H]6CC[C@@]5(C)[C@]3(C)C[C@H]4O)OC[C@H](O)[C@@H]2O)[C@H](O)[C@H](O)[C@H]1O. The molecular formula is C41H66O12. The molecule has 12 heteroatoms. The predicted octanol–water partition coefficient (Wildman–Crippen LogP) is 2.95. The van der Waals surface area contributed by atoms with Crippen LogP contribution in [0.5, 0.6) is 0 Å². The molecule has 0 amide bonds. The molecule has 6 fully saturated rings. The third-order valence-electron chi connectivity index (χ3n) is 16.8. The quantitative estimate of drug-likeness (QED) is 0.164. The first kappa shape index (κ1) is 40.0. The second-order valence-corrected chi connectivity index (χ2v) is 20.3. The molecule has 0 bridgehead atoms. The molecule has 0 aromatic rings. The van der Waals surface area contributed by atoms with Crippen molar-refractivity contribution < 1.29 is 59.5 Å². The van der Waals surface area contributed by atoms with Gasteiger partial charge < -0.3 is 54.7 Å². The van der Waals surface area contributed by atoms with Gasteiger partial charge in [0.05, 0.1) is 24.9 Å². The Balaban J connectivity index is 1.21. The fourth-order valence-electron chi connectivity index (χ4n) is 13.2. The van der Waals surface area contributed by atoms with Crippen LogP contribution in [0.15, 0.2) is 11.6 Å². The Labute approximate surface area is 314 Å². The number of allylic oxidation sites excluding steroid dienone is 2. The number of esters is 1. The summed E-state index contributed by atoms with van der Waals surface area (Å²) in [6.45, 7) is 17.2. The molecule has 18 atom stereocenters. The zero-order valence-electron chi connectivity index (χ0n) is 32.9. The topological polar surface area (TPSA) is 196 Å². The first-order chi connectivity index (χ1) is 24.5. The van der Waals surface area contributed by atoms with Crippen molar-refractivity contribution in [2.24, 2.45) is 50.2 Å². The highest BCUT2D eigenvalue weighted by molar-refractivity contribution is 5.80. The fourth-order valence-corrected chi connectivity index (χ4v) is 13.2. The molecule has 302 valence electrons. The van der Waals surface area contributed by atoms with Crippen molar-refractivity contribution in [1.29, 1.82) is 0 Å². The molecule has 0 aromatic carbocycles. The van der Waals surface area contributed by atoms with E-state index >= 15 is 0 Å². The standard InChI is InChI=1S/C41H66O12/c1-20-28(45)30(47)31(48)33(51-20)52-32-29(46)23(42)19-50-34(32)53-35(49)41-16-15-36(2,3)17-22(41)21-9-10-25-38(6)13-12-26(43)37(4,5)24(38)11-14-39(25,7)40(21,8)18-27(41)44/h9,20,22-34,42-48H,10-19H2,1-8H3/t20-,22-,23-,24-,25+,26-,27+,28-,29-,30+,31+,32+,33-,34-,38-,39+,40+,41+/m0/s1. The van der Waals surface area contributed by atoms with Crippen LogP contribution in [0, 0.1) is 50.2 Å². The summed E-state index contributed by atoms with van der Waals surface area (Å²) in [7, 11) is 0. The minimum atomic E-state index is -1.70. The van der Waals surface area contributed by atoms with Gasteiger partial charge in [0, 0.05) is 0 Å². The van der Waals surface area contributed by atoms with Gasteiger partial charge >= 0.3 is 5.97 Å². The minimum absolute atomic E-state index is 0.0192. The molecule has 0 unspecified atom stereocenters. The summed E-state index contributed by atoms with van der Waals surface area (Å²) >= 11 is 0. The van der Waals surface area contributed by atoms with Gasteiger partial charge in [-0.25, -0.2) is 0 Å². The number of fused-ring (bicyclic) bond motifs is 7. The third-order valence-corrected chi connectivity index (χ3v) is 16.8. The number of aliphatic hydroxyl groups excluding tert-OH is 7. The van der Waals surface area contributed by atoms with Crippen LogP contribution in [-0.2, 0) is 23.7 Å². The Kier molecular flexibility index (Phi) is 9.95. The number of carbonyl (C=O) groups excluding carboxylic acids is 1. The number of rotatable bonds is 4. The van der Waals surface area contributed by atoms with E-state index in [1.54, 1.807) is 0 Å². The van der Waals surface area contributed by atoms with Gasteiger partial charge in [0.15, 0.2) is 12.4 Å².